The number of nitrogens with one attached hydrogen (secondary N) is 1. The lowest BCUT2D eigenvalue weighted by molar-refractivity contribution is -0.120. The number of aryl methyl sites for hydroxylation is 3. The van der Waals surface area contributed by atoms with Gasteiger partial charge < -0.3 is 10.2 Å². The highest BCUT2D eigenvalue weighted by Crippen LogP contribution is 2.28. The van der Waals surface area contributed by atoms with Gasteiger partial charge in [-0.2, -0.15) is 0 Å². The number of benzene rings is 2. The summed E-state index contributed by atoms with van der Waals surface area (Å²) in [7, 11) is 0. The fourth-order valence-electron chi connectivity index (χ4n) is 3.77. The van der Waals surface area contributed by atoms with Crippen LogP contribution in [0.2, 0.25) is 0 Å². The van der Waals surface area contributed by atoms with E-state index in [-0.39, 0.29) is 11.8 Å². The zero-order valence-corrected chi connectivity index (χ0v) is 19.1. The van der Waals surface area contributed by atoms with Crippen LogP contribution in [-0.2, 0) is 4.79 Å². The van der Waals surface area contributed by atoms with Crippen LogP contribution in [0.25, 0.3) is 0 Å². The third kappa shape index (κ3) is 5.44. The molecule has 1 aromatic heterocycles. The van der Waals surface area contributed by atoms with Gasteiger partial charge in [-0.25, -0.2) is 0 Å². The Kier molecular flexibility index (Phi) is 6.56. The summed E-state index contributed by atoms with van der Waals surface area (Å²) in [6.45, 7) is 7.70. The third-order valence-electron chi connectivity index (χ3n) is 5.64. The van der Waals surface area contributed by atoms with Gasteiger partial charge in [0.15, 0.2) is 5.82 Å². The zero-order chi connectivity index (χ0) is 21.8. The molecule has 0 spiro atoms. The van der Waals surface area contributed by atoms with E-state index < -0.39 is 0 Å². The first kappa shape index (κ1) is 21.4. The molecule has 0 bridgehead atoms. The number of amides is 1. The first-order chi connectivity index (χ1) is 15.0. The van der Waals surface area contributed by atoms with Crippen LogP contribution in [-0.4, -0.2) is 29.2 Å². The molecule has 160 valence electrons. The van der Waals surface area contributed by atoms with Crippen LogP contribution in [0.3, 0.4) is 0 Å². The van der Waals surface area contributed by atoms with E-state index in [9.17, 15) is 4.79 Å². The largest absolute Gasteiger partial charge is 0.354 e. The lowest BCUT2D eigenvalue weighted by Gasteiger charge is -2.32. The normalized spacial score (nSPS) is 16.2. The maximum atomic E-state index is 12.9. The van der Waals surface area contributed by atoms with Crippen molar-refractivity contribution in [3.05, 3.63) is 71.3 Å². The molecule has 2 heterocycles. The summed E-state index contributed by atoms with van der Waals surface area (Å²) in [5.41, 5.74) is 4.37. The van der Waals surface area contributed by atoms with Gasteiger partial charge in [-0.1, -0.05) is 41.6 Å². The van der Waals surface area contributed by atoms with Crippen LogP contribution in [0.5, 0.6) is 0 Å². The molecule has 6 heteroatoms. The molecule has 0 saturated carbocycles. The third-order valence-corrected chi connectivity index (χ3v) is 6.57. The molecule has 2 aromatic carbocycles. The van der Waals surface area contributed by atoms with E-state index >= 15 is 0 Å². The molecule has 1 atom stereocenters. The van der Waals surface area contributed by atoms with Gasteiger partial charge in [0.25, 0.3) is 0 Å². The first-order valence-electron chi connectivity index (χ1n) is 10.7. The van der Waals surface area contributed by atoms with E-state index in [1.54, 1.807) is 11.8 Å². The van der Waals surface area contributed by atoms with Crippen molar-refractivity contribution in [3.63, 3.8) is 0 Å². The lowest BCUT2D eigenvalue weighted by Crippen LogP contribution is -2.41. The summed E-state index contributed by atoms with van der Waals surface area (Å²) >= 11 is 1.60. The van der Waals surface area contributed by atoms with E-state index in [4.69, 9.17) is 0 Å². The molecule has 3 aromatic rings. The fourth-order valence-corrected chi connectivity index (χ4v) is 4.50. The molecule has 0 unspecified atom stereocenters. The summed E-state index contributed by atoms with van der Waals surface area (Å²) in [6, 6.07) is 18.5. The Hall–Kier alpha value is -2.86. The quantitative estimate of drug-likeness (QED) is 0.584. The smallest absolute Gasteiger partial charge is 0.229 e. The van der Waals surface area contributed by atoms with Crippen molar-refractivity contribution < 1.29 is 4.79 Å². The highest BCUT2D eigenvalue weighted by molar-refractivity contribution is 7.99. The number of carbonyl (C=O) groups excluding carboxylic acids is 1. The van der Waals surface area contributed by atoms with Crippen molar-refractivity contribution in [2.75, 3.05) is 23.3 Å². The summed E-state index contributed by atoms with van der Waals surface area (Å²) in [6.07, 6.45) is 1.86. The molecule has 4 rings (SSSR count). The fraction of sp³-hybridized carbons (Fsp3) is 0.320. The molecule has 1 amide bonds. The molecule has 1 aliphatic rings. The van der Waals surface area contributed by atoms with Gasteiger partial charge >= 0.3 is 0 Å². The number of piperidine rings is 1. The maximum Gasteiger partial charge on any atom is 0.229 e. The Balaban J connectivity index is 1.39. The summed E-state index contributed by atoms with van der Waals surface area (Å²) in [4.78, 5) is 16.2. The van der Waals surface area contributed by atoms with Crippen LogP contribution in [0.4, 0.5) is 11.5 Å². The van der Waals surface area contributed by atoms with Gasteiger partial charge in [0.2, 0.25) is 5.91 Å². The monoisotopic (exact) mass is 432 g/mol. The summed E-state index contributed by atoms with van der Waals surface area (Å²) < 4.78 is 0. The van der Waals surface area contributed by atoms with Gasteiger partial charge in [0.1, 0.15) is 5.03 Å². The van der Waals surface area contributed by atoms with Crippen molar-refractivity contribution in [2.24, 2.45) is 5.92 Å². The van der Waals surface area contributed by atoms with E-state index in [2.05, 4.69) is 57.7 Å². The molecule has 1 fully saturated rings. The highest BCUT2D eigenvalue weighted by atomic mass is 32.2. The predicted octanol–water partition coefficient (Wildman–Crippen LogP) is 5.41. The Morgan fingerprint density at radius 1 is 1.00 bits per heavy atom. The number of anilines is 2. The van der Waals surface area contributed by atoms with E-state index in [0.717, 1.165) is 51.9 Å². The molecule has 1 aliphatic heterocycles. The zero-order valence-electron chi connectivity index (χ0n) is 18.3. The lowest BCUT2D eigenvalue weighted by atomic mass is 9.96. The van der Waals surface area contributed by atoms with Crippen molar-refractivity contribution in [2.45, 2.75) is 43.5 Å². The summed E-state index contributed by atoms with van der Waals surface area (Å²) in [5.74, 6) is 0.854. The topological polar surface area (TPSA) is 58.1 Å². The van der Waals surface area contributed by atoms with Gasteiger partial charge in [0, 0.05) is 23.7 Å². The van der Waals surface area contributed by atoms with Crippen LogP contribution < -0.4 is 10.2 Å². The average Bonchev–Trinajstić information content (AvgIpc) is 2.78. The number of nitrogens with zero attached hydrogens (tertiary/aromatic N) is 3. The SMILES string of the molecule is Cc1ccc(Sc2ccc(N3CCC[C@H](C(=O)Nc4cc(C)ccc4C)C3)nn2)cc1. The minimum atomic E-state index is -0.0583. The number of carbonyl (C=O) groups is 1. The predicted molar refractivity (Wildman–Crippen MR) is 127 cm³/mol. The second kappa shape index (κ2) is 9.52. The minimum absolute atomic E-state index is 0.0583. The second-order valence-electron chi connectivity index (χ2n) is 8.24. The van der Waals surface area contributed by atoms with Gasteiger partial charge in [-0.15, -0.1) is 10.2 Å². The molecule has 31 heavy (non-hydrogen) atoms. The van der Waals surface area contributed by atoms with Crippen LogP contribution in [0, 0.1) is 26.7 Å². The van der Waals surface area contributed by atoms with Gasteiger partial charge in [-0.3, -0.25) is 4.79 Å². The number of hydrogen-bond donors (Lipinski definition) is 1. The average molecular weight is 433 g/mol. The van der Waals surface area contributed by atoms with Gasteiger partial charge in [-0.05, 0) is 75.1 Å². The highest BCUT2D eigenvalue weighted by Gasteiger charge is 2.27. The standard InChI is InChI=1S/C25H28N4OS/c1-17-7-10-21(11-8-17)31-24-13-12-23(27-28-24)29-14-4-5-20(16-29)25(30)26-22-15-18(2)6-9-19(22)3/h6-13,15,20H,4-5,14,16H2,1-3H3,(H,26,30)/t20-/m0/s1. The molecule has 0 radical (unpaired) electrons. The van der Waals surface area contributed by atoms with Crippen molar-refractivity contribution in [1.29, 1.82) is 0 Å². The van der Waals surface area contributed by atoms with Crippen LogP contribution >= 0.6 is 11.8 Å². The first-order valence-corrected chi connectivity index (χ1v) is 11.5. The molecule has 1 saturated heterocycles. The van der Waals surface area contributed by atoms with Crippen molar-refractivity contribution in [3.8, 4) is 0 Å². The second-order valence-corrected chi connectivity index (χ2v) is 9.33. The number of aromatic nitrogens is 2. The molecule has 1 N–H and O–H groups in total. The Morgan fingerprint density at radius 3 is 2.52 bits per heavy atom. The molecule has 0 aliphatic carbocycles. The van der Waals surface area contributed by atoms with E-state index in [1.807, 2.05) is 38.1 Å². The Morgan fingerprint density at radius 2 is 1.77 bits per heavy atom. The number of hydrogen-bond acceptors (Lipinski definition) is 5. The van der Waals surface area contributed by atoms with Crippen molar-refractivity contribution >= 4 is 29.2 Å². The molecule has 5 nitrogen and oxygen atoms in total. The van der Waals surface area contributed by atoms with Gasteiger partial charge in [0.05, 0.1) is 5.92 Å². The van der Waals surface area contributed by atoms with E-state index in [1.165, 1.54) is 5.56 Å². The summed E-state index contributed by atoms with van der Waals surface area (Å²) in [5, 5.41) is 12.8. The number of rotatable bonds is 5. The molecular formula is C25H28N4OS. The molecular weight excluding hydrogens is 404 g/mol. The minimum Gasteiger partial charge on any atom is -0.354 e. The van der Waals surface area contributed by atoms with Crippen molar-refractivity contribution in [1.82, 2.24) is 10.2 Å². The maximum absolute atomic E-state index is 12.9. The van der Waals surface area contributed by atoms with Crippen LogP contribution in [0.15, 0.2) is 64.5 Å². The van der Waals surface area contributed by atoms with Crippen LogP contribution in [0.1, 0.15) is 29.5 Å². The Bertz CT molecular complexity index is 1050. The Labute approximate surface area is 188 Å². The van der Waals surface area contributed by atoms with E-state index in [0.29, 0.717) is 6.54 Å².